The molecule has 0 bridgehead atoms. The molecule has 0 N–H and O–H groups in total. The second-order valence-corrected chi connectivity index (χ2v) is 7.30. The third-order valence-electron chi connectivity index (χ3n) is 5.37. The van der Waals surface area contributed by atoms with Crippen LogP contribution in [0.3, 0.4) is 0 Å². The Morgan fingerprint density at radius 1 is 1.00 bits per heavy atom. The van der Waals surface area contributed by atoms with Crippen LogP contribution < -0.4 is 0 Å². The molecule has 0 amide bonds. The van der Waals surface area contributed by atoms with Crippen LogP contribution in [0.15, 0.2) is 48.5 Å². The van der Waals surface area contributed by atoms with Crippen LogP contribution in [0.25, 0.3) is 11.1 Å². The third-order valence-corrected chi connectivity index (χ3v) is 5.37. The molecule has 1 aliphatic heterocycles. The molecule has 0 saturated carbocycles. The summed E-state index contributed by atoms with van der Waals surface area (Å²) in [5.41, 5.74) is 1.31. The first-order valence-corrected chi connectivity index (χ1v) is 8.13. The van der Waals surface area contributed by atoms with E-state index in [-0.39, 0.29) is 6.17 Å². The summed E-state index contributed by atoms with van der Waals surface area (Å²) in [6, 6.07) is 16.7. The fraction of sp³-hybridized carbons (Fsp3) is 0.300. The van der Waals surface area contributed by atoms with E-state index in [0.29, 0.717) is 11.1 Å². The Labute approximate surface area is 148 Å². The number of nitriles is 1. The van der Waals surface area contributed by atoms with Gasteiger partial charge in [0.25, 0.3) is 0 Å². The van der Waals surface area contributed by atoms with Gasteiger partial charge in [-0.3, -0.25) is 0 Å². The van der Waals surface area contributed by atoms with Crippen molar-refractivity contribution in [3.8, 4) is 17.2 Å². The normalized spacial score (nSPS) is 19.8. The lowest BCUT2D eigenvalue weighted by molar-refractivity contribution is -0.195. The summed E-state index contributed by atoms with van der Waals surface area (Å²) in [5.74, 6) is 0. The van der Waals surface area contributed by atoms with Gasteiger partial charge in [-0.25, -0.2) is 0 Å². The Bertz CT molecular complexity index is 802. The lowest BCUT2D eigenvalue weighted by Crippen LogP contribution is -2.51. The maximum Gasteiger partial charge on any atom is 0.0991 e. The zero-order chi connectivity index (χ0) is 18.4. The predicted molar refractivity (Wildman–Crippen MR) is 94.8 cm³/mol. The van der Waals surface area contributed by atoms with E-state index in [9.17, 15) is 10.4 Å². The van der Waals surface area contributed by atoms with Crippen molar-refractivity contribution in [3.05, 3.63) is 71.0 Å². The van der Waals surface area contributed by atoms with Crippen LogP contribution in [0.1, 0.15) is 38.8 Å². The average Bonchev–Trinajstić information content (AvgIpc) is 2.72. The number of hydrogen-bond acceptors (Lipinski definition) is 4. The molecule has 3 rings (SSSR count). The minimum Gasteiger partial charge on any atom is -0.791 e. The summed E-state index contributed by atoms with van der Waals surface area (Å²) in [7, 11) is 0. The van der Waals surface area contributed by atoms with E-state index in [1.165, 1.54) is 0 Å². The van der Waals surface area contributed by atoms with E-state index in [1.54, 1.807) is 45.9 Å². The van der Waals surface area contributed by atoms with Gasteiger partial charge in [0.05, 0.1) is 17.2 Å². The highest BCUT2D eigenvalue weighted by molar-refractivity contribution is 5.66. The molecule has 0 spiro atoms. The van der Waals surface area contributed by atoms with E-state index in [2.05, 4.69) is 6.07 Å². The first-order valence-electron chi connectivity index (χ1n) is 8.13. The van der Waals surface area contributed by atoms with Crippen LogP contribution in [0, 0.1) is 22.7 Å². The minimum atomic E-state index is -0.839. The number of hydroxylamine groups is 4. The lowest BCUT2D eigenvalue weighted by Gasteiger charge is -2.47. The van der Waals surface area contributed by atoms with E-state index >= 15 is 0 Å². The van der Waals surface area contributed by atoms with Gasteiger partial charge < -0.3 is 10.3 Å². The molecule has 1 saturated heterocycles. The summed E-state index contributed by atoms with van der Waals surface area (Å²) in [5, 5.41) is 36.1. The minimum absolute atomic E-state index is 0.130. The largest absolute Gasteiger partial charge is 0.791 e. The Kier molecular flexibility index (Phi) is 4.10. The molecule has 5 heteroatoms. The molecule has 0 aromatic heterocycles. The highest BCUT2D eigenvalue weighted by atomic mass is 16.6. The predicted octanol–water partition coefficient (Wildman–Crippen LogP) is 4.08. The second-order valence-electron chi connectivity index (χ2n) is 7.30. The van der Waals surface area contributed by atoms with Crippen molar-refractivity contribution in [2.45, 2.75) is 38.8 Å². The molecule has 129 valence electrons. The summed E-state index contributed by atoms with van der Waals surface area (Å²) in [4.78, 5) is 0. The van der Waals surface area contributed by atoms with E-state index < -0.39 is 11.1 Å². The van der Waals surface area contributed by atoms with Gasteiger partial charge in [0.15, 0.2) is 0 Å². The number of rotatable bonds is 2. The molecule has 2 aromatic carbocycles. The summed E-state index contributed by atoms with van der Waals surface area (Å²) in [6.45, 7) is 7.12. The van der Waals surface area contributed by atoms with Crippen LogP contribution in [0.4, 0.5) is 0 Å². The Balaban J connectivity index is 2.01. The molecule has 25 heavy (non-hydrogen) atoms. The van der Waals surface area contributed by atoms with Crippen LogP contribution in [0.2, 0.25) is 0 Å². The topological polar surface area (TPSA) is 73.2 Å². The van der Waals surface area contributed by atoms with Gasteiger partial charge in [-0.15, -0.1) is 11.3 Å². The van der Waals surface area contributed by atoms with Gasteiger partial charge in [-0.05, 0) is 51.6 Å². The molecular formula is C20H20N3O2-2. The lowest BCUT2D eigenvalue weighted by atomic mass is 9.84. The molecule has 5 nitrogen and oxygen atoms in total. The zero-order valence-electron chi connectivity index (χ0n) is 14.8. The van der Waals surface area contributed by atoms with Gasteiger partial charge in [0.2, 0.25) is 0 Å². The number of nitrogens with zero attached hydrogens (tertiary/aromatic N) is 3. The fourth-order valence-electron chi connectivity index (χ4n) is 2.92. The number of hydrogen-bond donors (Lipinski definition) is 0. The number of benzene rings is 2. The van der Waals surface area contributed by atoms with Crippen LogP contribution in [0.5, 0.6) is 0 Å². The van der Waals surface area contributed by atoms with Crippen molar-refractivity contribution in [2.75, 3.05) is 0 Å². The standard InChI is InChI=1S/C20H20N3O2/c1-19(2)20(3,4)23(25)18(22(19)24)17-7-5-6-16(12-17)15-10-8-14(13-21)9-11-15/h5-12H,1-4H3/q-2. The van der Waals surface area contributed by atoms with Crippen molar-refractivity contribution in [2.24, 2.45) is 0 Å². The maximum absolute atomic E-state index is 12.8. The van der Waals surface area contributed by atoms with Crippen molar-refractivity contribution in [1.29, 1.82) is 5.26 Å². The highest BCUT2D eigenvalue weighted by Gasteiger charge is 2.51. The van der Waals surface area contributed by atoms with Gasteiger partial charge in [0, 0.05) is 5.54 Å². The van der Waals surface area contributed by atoms with Crippen LogP contribution in [-0.2, 0) is 5.21 Å². The molecule has 1 fully saturated rings. The highest BCUT2D eigenvalue weighted by Crippen LogP contribution is 2.47. The van der Waals surface area contributed by atoms with Crippen LogP contribution in [-0.4, -0.2) is 21.2 Å². The van der Waals surface area contributed by atoms with Gasteiger partial charge in [-0.2, -0.15) is 28.0 Å². The molecule has 0 aliphatic carbocycles. The van der Waals surface area contributed by atoms with Gasteiger partial charge in [-0.1, -0.05) is 23.8 Å². The summed E-state index contributed by atoms with van der Waals surface area (Å²) in [6.07, 6.45) is 0.130. The van der Waals surface area contributed by atoms with Gasteiger partial charge >= 0.3 is 0 Å². The van der Waals surface area contributed by atoms with Crippen LogP contribution >= 0.6 is 0 Å². The molecule has 1 heterocycles. The Morgan fingerprint density at radius 2 is 1.64 bits per heavy atom. The molecule has 1 radical (unpaired) electrons. The zero-order valence-corrected chi connectivity index (χ0v) is 14.8. The molecule has 1 aliphatic rings. The van der Waals surface area contributed by atoms with Gasteiger partial charge in [0.1, 0.15) is 0 Å². The van der Waals surface area contributed by atoms with E-state index in [4.69, 9.17) is 5.26 Å². The molecule has 2 aromatic rings. The Hall–Kier alpha value is -2.36. The van der Waals surface area contributed by atoms with Crippen molar-refractivity contribution >= 4 is 0 Å². The maximum atomic E-state index is 12.8. The first-order chi connectivity index (χ1) is 11.7. The first kappa shape index (κ1) is 17.5. The summed E-state index contributed by atoms with van der Waals surface area (Å²) >= 11 is 0. The van der Waals surface area contributed by atoms with Crippen molar-refractivity contribution in [1.82, 2.24) is 10.1 Å². The average molecular weight is 334 g/mol. The fourth-order valence-corrected chi connectivity index (χ4v) is 2.92. The molecule has 0 atom stereocenters. The van der Waals surface area contributed by atoms with Crippen molar-refractivity contribution < 1.29 is 5.21 Å². The van der Waals surface area contributed by atoms with E-state index in [0.717, 1.165) is 21.3 Å². The van der Waals surface area contributed by atoms with Crippen molar-refractivity contribution in [3.63, 3.8) is 0 Å². The monoisotopic (exact) mass is 334 g/mol. The quantitative estimate of drug-likeness (QED) is 0.776. The van der Waals surface area contributed by atoms with E-state index in [1.807, 2.05) is 30.3 Å². The second kappa shape index (κ2) is 5.87. The summed E-state index contributed by atoms with van der Waals surface area (Å²) < 4.78 is 0. The molecule has 0 unspecified atom stereocenters. The SMILES string of the molecule is CC1(C)N([O])[C-](c2cccc(-c3ccc(C#N)cc3)c2)N([O-])C1(C)C. The Morgan fingerprint density at radius 3 is 2.16 bits per heavy atom. The third kappa shape index (κ3) is 2.60. The smallest absolute Gasteiger partial charge is 0.0991 e. The molecular weight excluding hydrogens is 314 g/mol.